The smallest absolute Gasteiger partial charge is 0.231 e. The number of benzene rings is 1. The van der Waals surface area contributed by atoms with Crippen molar-refractivity contribution in [3.8, 4) is 11.5 Å². The number of likely N-dealkylation sites (tertiary alicyclic amines) is 1. The molecular formula is C16H23BrN2O2. The highest BCUT2D eigenvalue weighted by atomic mass is 79.9. The summed E-state index contributed by atoms with van der Waals surface area (Å²) in [5.41, 5.74) is 7.29. The van der Waals surface area contributed by atoms with E-state index >= 15 is 0 Å². The number of halogens is 1. The Hall–Kier alpha value is -0.780. The molecular weight excluding hydrogens is 332 g/mol. The van der Waals surface area contributed by atoms with E-state index in [-0.39, 0.29) is 6.04 Å². The predicted octanol–water partition coefficient (Wildman–Crippen LogP) is 3.16. The first-order valence-electron chi connectivity index (χ1n) is 7.63. The molecule has 4 nitrogen and oxygen atoms in total. The summed E-state index contributed by atoms with van der Waals surface area (Å²) in [5, 5.41) is 0. The van der Waals surface area contributed by atoms with Gasteiger partial charge in [0.2, 0.25) is 6.79 Å². The molecule has 0 aliphatic carbocycles. The summed E-state index contributed by atoms with van der Waals surface area (Å²) in [5.74, 6) is 3.12. The number of fused-ring (bicyclic) bond motifs is 1. The van der Waals surface area contributed by atoms with E-state index in [1.54, 1.807) is 0 Å². The van der Waals surface area contributed by atoms with Crippen LogP contribution in [0.2, 0.25) is 0 Å². The van der Waals surface area contributed by atoms with E-state index in [1.165, 1.54) is 12.0 Å². The molecule has 3 atom stereocenters. The third kappa shape index (κ3) is 2.91. The van der Waals surface area contributed by atoms with Crippen molar-refractivity contribution in [2.75, 3.05) is 26.4 Å². The van der Waals surface area contributed by atoms with E-state index < -0.39 is 0 Å². The SMILES string of the molecule is CC1CCN(C(CN)c2cc(Br)c3c(c2)OCO3)CC1C. The largest absolute Gasteiger partial charge is 0.454 e. The van der Waals surface area contributed by atoms with Crippen LogP contribution in [0.3, 0.4) is 0 Å². The van der Waals surface area contributed by atoms with Crippen molar-refractivity contribution in [2.45, 2.75) is 26.3 Å². The maximum Gasteiger partial charge on any atom is 0.231 e. The zero-order valence-electron chi connectivity index (χ0n) is 12.6. The second-order valence-electron chi connectivity index (χ2n) is 6.23. The molecule has 0 spiro atoms. The van der Waals surface area contributed by atoms with Gasteiger partial charge in [-0.15, -0.1) is 0 Å². The van der Waals surface area contributed by atoms with E-state index in [0.29, 0.717) is 19.3 Å². The normalized spacial score (nSPS) is 26.9. The van der Waals surface area contributed by atoms with Gasteiger partial charge in [0.25, 0.3) is 0 Å². The Morgan fingerprint density at radius 1 is 1.33 bits per heavy atom. The lowest BCUT2D eigenvalue weighted by Crippen LogP contribution is -2.43. The fraction of sp³-hybridized carbons (Fsp3) is 0.625. The number of ether oxygens (including phenoxy) is 2. The van der Waals surface area contributed by atoms with Gasteiger partial charge in [-0.05, 0) is 58.4 Å². The van der Waals surface area contributed by atoms with Gasteiger partial charge in [-0.25, -0.2) is 0 Å². The lowest BCUT2D eigenvalue weighted by Gasteiger charge is -2.40. The minimum absolute atomic E-state index is 0.241. The summed E-state index contributed by atoms with van der Waals surface area (Å²) >= 11 is 3.58. The Labute approximate surface area is 134 Å². The van der Waals surface area contributed by atoms with Crippen LogP contribution in [0.1, 0.15) is 31.9 Å². The molecule has 0 aromatic heterocycles. The predicted molar refractivity (Wildman–Crippen MR) is 86.6 cm³/mol. The molecule has 1 aromatic rings. The van der Waals surface area contributed by atoms with Gasteiger partial charge in [0.05, 0.1) is 4.47 Å². The molecule has 3 unspecified atom stereocenters. The lowest BCUT2D eigenvalue weighted by molar-refractivity contribution is 0.0982. The van der Waals surface area contributed by atoms with Crippen LogP contribution in [0.4, 0.5) is 0 Å². The zero-order valence-corrected chi connectivity index (χ0v) is 14.2. The van der Waals surface area contributed by atoms with Crippen molar-refractivity contribution in [3.05, 3.63) is 22.2 Å². The van der Waals surface area contributed by atoms with Crippen LogP contribution in [0.15, 0.2) is 16.6 Å². The van der Waals surface area contributed by atoms with Gasteiger partial charge >= 0.3 is 0 Å². The third-order valence-corrected chi connectivity index (χ3v) is 5.45. The molecule has 1 fully saturated rings. The van der Waals surface area contributed by atoms with Gasteiger partial charge in [0.15, 0.2) is 11.5 Å². The average Bonchev–Trinajstić information content (AvgIpc) is 2.92. The van der Waals surface area contributed by atoms with Crippen LogP contribution in [-0.2, 0) is 0 Å². The second kappa shape index (κ2) is 6.15. The Balaban J connectivity index is 1.85. The van der Waals surface area contributed by atoms with Crippen LogP contribution < -0.4 is 15.2 Å². The van der Waals surface area contributed by atoms with E-state index in [0.717, 1.165) is 35.0 Å². The molecule has 0 bridgehead atoms. The molecule has 1 aromatic carbocycles. The van der Waals surface area contributed by atoms with Crippen LogP contribution in [0, 0.1) is 11.8 Å². The first-order chi connectivity index (χ1) is 10.1. The summed E-state index contributed by atoms with van der Waals surface area (Å²) < 4.78 is 11.9. The molecule has 0 amide bonds. The van der Waals surface area contributed by atoms with E-state index in [2.05, 4.69) is 46.8 Å². The van der Waals surface area contributed by atoms with E-state index in [4.69, 9.17) is 15.2 Å². The van der Waals surface area contributed by atoms with Gasteiger partial charge < -0.3 is 15.2 Å². The molecule has 2 N–H and O–H groups in total. The summed E-state index contributed by atoms with van der Waals surface area (Å²) in [6.07, 6.45) is 1.24. The number of nitrogens with two attached hydrogens (primary N) is 1. The zero-order chi connectivity index (χ0) is 15.0. The Morgan fingerprint density at radius 3 is 2.86 bits per heavy atom. The molecule has 2 aliphatic heterocycles. The maximum atomic E-state index is 6.08. The maximum absolute atomic E-state index is 6.08. The minimum atomic E-state index is 0.241. The van der Waals surface area contributed by atoms with Gasteiger partial charge in [-0.2, -0.15) is 0 Å². The fourth-order valence-corrected chi connectivity index (χ4v) is 3.83. The molecule has 2 heterocycles. The van der Waals surface area contributed by atoms with E-state index in [9.17, 15) is 0 Å². The molecule has 116 valence electrons. The van der Waals surface area contributed by atoms with Gasteiger partial charge in [-0.3, -0.25) is 4.90 Å². The molecule has 0 saturated carbocycles. The highest BCUT2D eigenvalue weighted by Crippen LogP contribution is 2.42. The standard InChI is InChI=1S/C16H23BrN2O2/c1-10-3-4-19(8-11(10)2)14(7-18)12-5-13(17)16-15(6-12)20-9-21-16/h5-6,10-11,14H,3-4,7-9,18H2,1-2H3. The molecule has 1 saturated heterocycles. The summed E-state index contributed by atoms with van der Waals surface area (Å²) in [6.45, 7) is 7.81. The number of rotatable bonds is 3. The van der Waals surface area contributed by atoms with Crippen LogP contribution in [0.25, 0.3) is 0 Å². The lowest BCUT2D eigenvalue weighted by atomic mass is 9.87. The molecule has 0 radical (unpaired) electrons. The van der Waals surface area contributed by atoms with Crippen molar-refractivity contribution in [1.29, 1.82) is 0 Å². The summed E-state index contributed by atoms with van der Waals surface area (Å²) in [6, 6.07) is 4.44. The highest BCUT2D eigenvalue weighted by molar-refractivity contribution is 9.10. The third-order valence-electron chi connectivity index (χ3n) is 4.86. The van der Waals surface area contributed by atoms with Crippen LogP contribution >= 0.6 is 15.9 Å². The molecule has 21 heavy (non-hydrogen) atoms. The number of hydrogen-bond donors (Lipinski definition) is 1. The highest BCUT2D eigenvalue weighted by Gasteiger charge is 2.29. The van der Waals surface area contributed by atoms with Crippen LogP contribution in [-0.4, -0.2) is 31.3 Å². The van der Waals surface area contributed by atoms with E-state index in [1.807, 2.05) is 0 Å². The van der Waals surface area contributed by atoms with Crippen molar-refractivity contribution in [3.63, 3.8) is 0 Å². The fourth-order valence-electron chi connectivity index (χ4n) is 3.25. The number of hydrogen-bond acceptors (Lipinski definition) is 4. The minimum Gasteiger partial charge on any atom is -0.454 e. The molecule has 5 heteroatoms. The Bertz CT molecular complexity index is 523. The quantitative estimate of drug-likeness (QED) is 0.905. The molecule has 2 aliphatic rings. The second-order valence-corrected chi connectivity index (χ2v) is 7.08. The summed E-state index contributed by atoms with van der Waals surface area (Å²) in [4.78, 5) is 2.51. The Morgan fingerprint density at radius 2 is 2.14 bits per heavy atom. The summed E-state index contributed by atoms with van der Waals surface area (Å²) in [7, 11) is 0. The number of piperidine rings is 1. The van der Waals surface area contributed by atoms with Crippen molar-refractivity contribution < 1.29 is 9.47 Å². The van der Waals surface area contributed by atoms with Crippen LogP contribution in [0.5, 0.6) is 11.5 Å². The van der Waals surface area contributed by atoms with Crippen molar-refractivity contribution in [2.24, 2.45) is 17.6 Å². The van der Waals surface area contributed by atoms with Gasteiger partial charge in [0.1, 0.15) is 0 Å². The first-order valence-corrected chi connectivity index (χ1v) is 8.42. The monoisotopic (exact) mass is 354 g/mol. The van der Waals surface area contributed by atoms with Gasteiger partial charge in [-0.1, -0.05) is 13.8 Å². The van der Waals surface area contributed by atoms with Gasteiger partial charge in [0, 0.05) is 19.1 Å². The van der Waals surface area contributed by atoms with Crippen molar-refractivity contribution in [1.82, 2.24) is 4.90 Å². The molecule has 3 rings (SSSR count). The topological polar surface area (TPSA) is 47.7 Å². The number of nitrogens with zero attached hydrogens (tertiary/aromatic N) is 1. The average molecular weight is 355 g/mol. The Kier molecular flexibility index (Phi) is 4.43. The van der Waals surface area contributed by atoms with Crippen molar-refractivity contribution >= 4 is 15.9 Å². The first kappa shape index (κ1) is 15.1.